The van der Waals surface area contributed by atoms with E-state index in [0.717, 1.165) is 17.0 Å². The summed E-state index contributed by atoms with van der Waals surface area (Å²) in [6.07, 6.45) is 1.64. The van der Waals surface area contributed by atoms with Gasteiger partial charge in [-0.05, 0) is 36.8 Å². The van der Waals surface area contributed by atoms with Crippen LogP contribution in [0.1, 0.15) is 12.5 Å². The zero-order valence-electron chi connectivity index (χ0n) is 15.3. The predicted molar refractivity (Wildman–Crippen MR) is 105 cm³/mol. The van der Waals surface area contributed by atoms with Crippen LogP contribution in [0.15, 0.2) is 51.6 Å². The molecule has 3 rings (SSSR count). The lowest BCUT2D eigenvalue weighted by atomic mass is 10.1. The van der Waals surface area contributed by atoms with E-state index in [-0.39, 0.29) is 11.2 Å². The molecule has 0 atom stereocenters. The van der Waals surface area contributed by atoms with E-state index in [9.17, 15) is 9.59 Å². The van der Waals surface area contributed by atoms with Crippen LogP contribution in [-0.2, 0) is 13.6 Å². The highest BCUT2D eigenvalue weighted by Gasteiger charge is 2.16. The molecule has 0 spiro atoms. The molecule has 0 radical (unpaired) electrons. The summed E-state index contributed by atoms with van der Waals surface area (Å²) < 4.78 is 8.04. The number of nitrogens with zero attached hydrogens (tertiary/aromatic N) is 4. The van der Waals surface area contributed by atoms with Crippen molar-refractivity contribution in [2.24, 2.45) is 12.1 Å². The standard InChI is InChI=1S/C18H20N6O3/c1-5-10-24-14-15(23(3)18(26)20-16(14)25)19-17(24)22-21-11(2)12-6-8-13(27-4)9-7-12/h5-9H,1,10H2,2-4H3,(H,19,22)(H,20,25,26)/b21-11+. The fourth-order valence-corrected chi connectivity index (χ4v) is 2.66. The normalized spacial score (nSPS) is 11.6. The molecular weight excluding hydrogens is 348 g/mol. The fourth-order valence-electron chi connectivity index (χ4n) is 2.66. The molecule has 0 aliphatic heterocycles. The highest BCUT2D eigenvalue weighted by Crippen LogP contribution is 2.16. The first-order valence-corrected chi connectivity index (χ1v) is 8.21. The lowest BCUT2D eigenvalue weighted by Gasteiger charge is -2.06. The van der Waals surface area contributed by atoms with E-state index in [1.54, 1.807) is 24.8 Å². The number of fused-ring (bicyclic) bond motifs is 1. The number of H-pyrrole nitrogens is 1. The average Bonchev–Trinajstić information content (AvgIpc) is 3.04. The van der Waals surface area contributed by atoms with Gasteiger partial charge >= 0.3 is 5.69 Å². The first kappa shape index (κ1) is 18.2. The Labute approximate surface area is 154 Å². The molecular formula is C18H20N6O3. The molecule has 27 heavy (non-hydrogen) atoms. The van der Waals surface area contributed by atoms with Crippen molar-refractivity contribution < 1.29 is 4.74 Å². The summed E-state index contributed by atoms with van der Waals surface area (Å²) in [6, 6.07) is 7.47. The number of hydrogen-bond donors (Lipinski definition) is 2. The maximum absolute atomic E-state index is 12.2. The van der Waals surface area contributed by atoms with Crippen LogP contribution >= 0.6 is 0 Å². The van der Waals surface area contributed by atoms with Crippen molar-refractivity contribution in [3.63, 3.8) is 0 Å². The third-order valence-corrected chi connectivity index (χ3v) is 4.15. The smallest absolute Gasteiger partial charge is 0.329 e. The Morgan fingerprint density at radius 3 is 2.70 bits per heavy atom. The largest absolute Gasteiger partial charge is 0.497 e. The maximum atomic E-state index is 12.2. The van der Waals surface area contributed by atoms with Crippen LogP contribution in [0.25, 0.3) is 11.2 Å². The van der Waals surface area contributed by atoms with Crippen molar-refractivity contribution in [3.8, 4) is 5.75 Å². The van der Waals surface area contributed by atoms with Gasteiger partial charge in [0.1, 0.15) is 5.75 Å². The fraction of sp³-hybridized carbons (Fsp3) is 0.222. The van der Waals surface area contributed by atoms with Gasteiger partial charge in [0.05, 0.1) is 12.8 Å². The van der Waals surface area contributed by atoms with Crippen molar-refractivity contribution in [1.29, 1.82) is 0 Å². The summed E-state index contributed by atoms with van der Waals surface area (Å²) >= 11 is 0. The van der Waals surface area contributed by atoms with E-state index < -0.39 is 11.2 Å². The zero-order chi connectivity index (χ0) is 19.6. The molecule has 9 nitrogen and oxygen atoms in total. The van der Waals surface area contributed by atoms with Crippen LogP contribution in [0.2, 0.25) is 0 Å². The number of methoxy groups -OCH3 is 1. The molecule has 140 valence electrons. The molecule has 0 unspecified atom stereocenters. The Hall–Kier alpha value is -3.62. The van der Waals surface area contributed by atoms with Crippen LogP contribution in [0.4, 0.5) is 5.95 Å². The molecule has 2 aromatic heterocycles. The van der Waals surface area contributed by atoms with Gasteiger partial charge < -0.3 is 4.74 Å². The molecule has 0 fully saturated rings. The van der Waals surface area contributed by atoms with E-state index in [1.807, 2.05) is 31.2 Å². The van der Waals surface area contributed by atoms with Crippen LogP contribution in [0.3, 0.4) is 0 Å². The van der Waals surface area contributed by atoms with Crippen LogP contribution in [-0.4, -0.2) is 31.9 Å². The Kier molecular flexibility index (Phi) is 4.93. The molecule has 2 heterocycles. The number of nitrogens with one attached hydrogen (secondary N) is 2. The first-order valence-electron chi connectivity index (χ1n) is 8.21. The Bertz CT molecular complexity index is 1130. The monoisotopic (exact) mass is 368 g/mol. The van der Waals surface area contributed by atoms with E-state index in [2.05, 4.69) is 27.1 Å². The second kappa shape index (κ2) is 7.32. The van der Waals surface area contributed by atoms with Gasteiger partial charge in [0.2, 0.25) is 5.95 Å². The maximum Gasteiger partial charge on any atom is 0.329 e. The average molecular weight is 368 g/mol. The van der Waals surface area contributed by atoms with Gasteiger partial charge in [-0.3, -0.25) is 18.9 Å². The van der Waals surface area contributed by atoms with Crippen LogP contribution < -0.4 is 21.4 Å². The predicted octanol–water partition coefficient (Wildman–Crippen LogP) is 1.45. The SMILES string of the molecule is C=CCn1c(N/N=C(\C)c2ccc(OC)cc2)nc2c1c(=O)[nH]c(=O)n2C. The van der Waals surface area contributed by atoms with Crippen molar-refractivity contribution >= 4 is 22.8 Å². The van der Waals surface area contributed by atoms with Gasteiger partial charge in [-0.1, -0.05) is 6.08 Å². The molecule has 0 aliphatic rings. The van der Waals surface area contributed by atoms with Gasteiger partial charge in [0.15, 0.2) is 11.2 Å². The summed E-state index contributed by atoms with van der Waals surface area (Å²) in [5, 5.41) is 4.35. The topological polar surface area (TPSA) is 106 Å². The number of aromatic amines is 1. The summed E-state index contributed by atoms with van der Waals surface area (Å²) in [7, 11) is 3.15. The Morgan fingerprint density at radius 2 is 2.07 bits per heavy atom. The van der Waals surface area contributed by atoms with Crippen LogP contribution in [0.5, 0.6) is 5.75 Å². The van der Waals surface area contributed by atoms with E-state index in [1.165, 1.54) is 4.57 Å². The minimum atomic E-state index is -0.528. The molecule has 0 saturated carbocycles. The van der Waals surface area contributed by atoms with Gasteiger partial charge in [-0.25, -0.2) is 10.2 Å². The summed E-state index contributed by atoms with van der Waals surface area (Å²) in [4.78, 5) is 30.7. The highest BCUT2D eigenvalue weighted by atomic mass is 16.5. The van der Waals surface area contributed by atoms with Gasteiger partial charge in [-0.2, -0.15) is 10.1 Å². The quantitative estimate of drug-likeness (QED) is 0.389. The number of aryl methyl sites for hydroxylation is 1. The van der Waals surface area contributed by atoms with Gasteiger partial charge in [0, 0.05) is 13.6 Å². The Morgan fingerprint density at radius 1 is 1.37 bits per heavy atom. The molecule has 0 bridgehead atoms. The minimum Gasteiger partial charge on any atom is -0.497 e. The number of anilines is 1. The number of hydrazone groups is 1. The summed E-state index contributed by atoms with van der Waals surface area (Å²) in [5.41, 5.74) is 4.01. The molecule has 9 heteroatoms. The molecule has 1 aromatic carbocycles. The van der Waals surface area contributed by atoms with Crippen molar-refractivity contribution in [3.05, 3.63) is 63.3 Å². The van der Waals surface area contributed by atoms with E-state index >= 15 is 0 Å². The molecule has 0 saturated heterocycles. The number of ether oxygens (including phenoxy) is 1. The van der Waals surface area contributed by atoms with E-state index in [4.69, 9.17) is 4.74 Å². The lowest BCUT2D eigenvalue weighted by Crippen LogP contribution is -2.29. The zero-order valence-corrected chi connectivity index (χ0v) is 15.3. The van der Waals surface area contributed by atoms with Crippen LogP contribution in [0, 0.1) is 0 Å². The third kappa shape index (κ3) is 3.39. The summed E-state index contributed by atoms with van der Waals surface area (Å²) in [5.74, 6) is 1.09. The summed E-state index contributed by atoms with van der Waals surface area (Å²) in [6.45, 7) is 5.88. The number of aromatic nitrogens is 4. The minimum absolute atomic E-state index is 0.269. The van der Waals surface area contributed by atoms with E-state index in [0.29, 0.717) is 12.5 Å². The van der Waals surface area contributed by atoms with Crippen molar-refractivity contribution in [2.45, 2.75) is 13.5 Å². The molecule has 0 aliphatic carbocycles. The number of rotatable bonds is 6. The molecule has 0 amide bonds. The van der Waals surface area contributed by atoms with Gasteiger partial charge in [0.25, 0.3) is 5.56 Å². The number of benzene rings is 1. The second-order valence-electron chi connectivity index (χ2n) is 5.86. The number of imidazole rings is 1. The Balaban J connectivity index is 2.03. The molecule has 2 N–H and O–H groups in total. The second-order valence-corrected chi connectivity index (χ2v) is 5.86. The number of hydrogen-bond acceptors (Lipinski definition) is 6. The molecule has 3 aromatic rings. The van der Waals surface area contributed by atoms with Gasteiger partial charge in [-0.15, -0.1) is 6.58 Å². The highest BCUT2D eigenvalue weighted by molar-refractivity contribution is 5.99. The lowest BCUT2D eigenvalue weighted by molar-refractivity contribution is 0.415. The first-order chi connectivity index (χ1) is 13.0. The van der Waals surface area contributed by atoms with Crippen molar-refractivity contribution in [1.82, 2.24) is 19.1 Å². The third-order valence-electron chi connectivity index (χ3n) is 4.15. The van der Waals surface area contributed by atoms with Crippen molar-refractivity contribution in [2.75, 3.05) is 12.5 Å². The number of allylic oxidation sites excluding steroid dienone is 1.